The zero-order valence-corrected chi connectivity index (χ0v) is 7.95. The summed E-state index contributed by atoms with van der Waals surface area (Å²) in [5, 5.41) is 3.69. The summed E-state index contributed by atoms with van der Waals surface area (Å²) < 4.78 is 0. The summed E-state index contributed by atoms with van der Waals surface area (Å²) >= 11 is 0. The second-order valence-corrected chi connectivity index (χ2v) is 3.72. The van der Waals surface area contributed by atoms with Gasteiger partial charge in [0.05, 0.1) is 0 Å². The van der Waals surface area contributed by atoms with Crippen LogP contribution in [0.25, 0.3) is 0 Å². The lowest BCUT2D eigenvalue weighted by molar-refractivity contribution is 0.294. The maximum absolute atomic E-state index is 3.69. The second-order valence-electron chi connectivity index (χ2n) is 3.72. The molecule has 1 fully saturated rings. The minimum atomic E-state index is 0.497. The fourth-order valence-corrected chi connectivity index (χ4v) is 2.06. The SMILES string of the molecule is CCC1(CC)CCCCCN1. The molecule has 1 rings (SSSR count). The van der Waals surface area contributed by atoms with E-state index in [0.717, 1.165) is 0 Å². The third-order valence-electron chi connectivity index (χ3n) is 3.19. The summed E-state index contributed by atoms with van der Waals surface area (Å²) in [5.74, 6) is 0. The van der Waals surface area contributed by atoms with E-state index in [1.807, 2.05) is 0 Å². The van der Waals surface area contributed by atoms with Crippen LogP contribution in [0.2, 0.25) is 0 Å². The van der Waals surface area contributed by atoms with Crippen molar-refractivity contribution in [2.45, 2.75) is 57.9 Å². The Balaban J connectivity index is 2.49. The maximum Gasteiger partial charge on any atom is 0.0176 e. The smallest absolute Gasteiger partial charge is 0.0176 e. The molecule has 1 N–H and O–H groups in total. The quantitative estimate of drug-likeness (QED) is 0.646. The van der Waals surface area contributed by atoms with Crippen molar-refractivity contribution < 1.29 is 0 Å². The summed E-state index contributed by atoms with van der Waals surface area (Å²) in [6.07, 6.45) is 8.21. The Kier molecular flexibility index (Phi) is 3.38. The van der Waals surface area contributed by atoms with Crippen LogP contribution in [-0.2, 0) is 0 Å². The van der Waals surface area contributed by atoms with Gasteiger partial charge in [-0.15, -0.1) is 0 Å². The molecule has 1 saturated heterocycles. The minimum absolute atomic E-state index is 0.497. The Labute approximate surface area is 70.6 Å². The van der Waals surface area contributed by atoms with Gasteiger partial charge >= 0.3 is 0 Å². The molecule has 1 aliphatic heterocycles. The third-order valence-corrected chi connectivity index (χ3v) is 3.19. The summed E-state index contributed by atoms with van der Waals surface area (Å²) in [7, 11) is 0. The van der Waals surface area contributed by atoms with Gasteiger partial charge in [-0.05, 0) is 32.2 Å². The molecule has 0 spiro atoms. The van der Waals surface area contributed by atoms with Crippen LogP contribution in [0, 0.1) is 0 Å². The zero-order chi connectivity index (χ0) is 8.16. The lowest BCUT2D eigenvalue weighted by Gasteiger charge is -2.31. The molecule has 1 heteroatoms. The van der Waals surface area contributed by atoms with Gasteiger partial charge in [0.2, 0.25) is 0 Å². The van der Waals surface area contributed by atoms with Crippen molar-refractivity contribution in [3.05, 3.63) is 0 Å². The van der Waals surface area contributed by atoms with Gasteiger partial charge in [0, 0.05) is 5.54 Å². The highest BCUT2D eigenvalue weighted by molar-refractivity contribution is 4.86. The average molecular weight is 155 g/mol. The first-order valence-electron chi connectivity index (χ1n) is 5.08. The first-order chi connectivity index (χ1) is 5.33. The molecule has 0 unspecified atom stereocenters. The predicted octanol–water partition coefficient (Wildman–Crippen LogP) is 2.71. The minimum Gasteiger partial charge on any atom is -0.311 e. The van der Waals surface area contributed by atoms with E-state index < -0.39 is 0 Å². The molecule has 11 heavy (non-hydrogen) atoms. The molecule has 0 aromatic carbocycles. The molecule has 0 aliphatic carbocycles. The third kappa shape index (κ3) is 2.19. The molecule has 0 bridgehead atoms. The normalized spacial score (nSPS) is 24.5. The van der Waals surface area contributed by atoms with Crippen molar-refractivity contribution >= 4 is 0 Å². The fraction of sp³-hybridized carbons (Fsp3) is 1.00. The topological polar surface area (TPSA) is 12.0 Å². The monoisotopic (exact) mass is 155 g/mol. The Morgan fingerprint density at radius 1 is 1.09 bits per heavy atom. The Bertz CT molecular complexity index is 95.4. The van der Waals surface area contributed by atoms with Gasteiger partial charge in [0.25, 0.3) is 0 Å². The van der Waals surface area contributed by atoms with Crippen LogP contribution in [0.15, 0.2) is 0 Å². The largest absolute Gasteiger partial charge is 0.311 e. The molecule has 0 saturated carbocycles. The van der Waals surface area contributed by atoms with Crippen LogP contribution in [0.1, 0.15) is 52.4 Å². The van der Waals surface area contributed by atoms with E-state index in [0.29, 0.717) is 5.54 Å². The molecule has 1 aliphatic rings. The van der Waals surface area contributed by atoms with Gasteiger partial charge in [-0.2, -0.15) is 0 Å². The van der Waals surface area contributed by atoms with E-state index in [1.165, 1.54) is 45.1 Å². The van der Waals surface area contributed by atoms with Crippen LogP contribution in [0.4, 0.5) is 0 Å². The average Bonchev–Trinajstić information content (AvgIpc) is 2.30. The highest BCUT2D eigenvalue weighted by Gasteiger charge is 2.25. The highest BCUT2D eigenvalue weighted by atomic mass is 15.0. The van der Waals surface area contributed by atoms with Gasteiger partial charge in [-0.25, -0.2) is 0 Å². The Morgan fingerprint density at radius 3 is 2.45 bits per heavy atom. The van der Waals surface area contributed by atoms with E-state index in [1.54, 1.807) is 0 Å². The first-order valence-corrected chi connectivity index (χ1v) is 5.08. The van der Waals surface area contributed by atoms with Gasteiger partial charge in [0.15, 0.2) is 0 Å². The van der Waals surface area contributed by atoms with Crippen molar-refractivity contribution in [1.82, 2.24) is 5.32 Å². The van der Waals surface area contributed by atoms with Crippen LogP contribution >= 0.6 is 0 Å². The Morgan fingerprint density at radius 2 is 1.82 bits per heavy atom. The second kappa shape index (κ2) is 4.10. The van der Waals surface area contributed by atoms with E-state index >= 15 is 0 Å². The van der Waals surface area contributed by atoms with E-state index in [9.17, 15) is 0 Å². The van der Waals surface area contributed by atoms with Crippen molar-refractivity contribution in [3.63, 3.8) is 0 Å². The first kappa shape index (κ1) is 9.05. The van der Waals surface area contributed by atoms with Crippen LogP contribution < -0.4 is 5.32 Å². The van der Waals surface area contributed by atoms with Gasteiger partial charge in [-0.1, -0.05) is 26.7 Å². The standard InChI is InChI=1S/C10H21N/c1-3-10(4-2)8-6-5-7-9-11-10/h11H,3-9H2,1-2H3. The zero-order valence-electron chi connectivity index (χ0n) is 7.95. The molecule has 0 amide bonds. The molecule has 0 aromatic heterocycles. The van der Waals surface area contributed by atoms with E-state index in [4.69, 9.17) is 0 Å². The fourth-order valence-electron chi connectivity index (χ4n) is 2.06. The maximum atomic E-state index is 3.69. The van der Waals surface area contributed by atoms with E-state index in [2.05, 4.69) is 19.2 Å². The van der Waals surface area contributed by atoms with Crippen molar-refractivity contribution in [2.75, 3.05) is 6.54 Å². The molecule has 66 valence electrons. The molecule has 0 radical (unpaired) electrons. The molecular formula is C10H21N. The summed E-state index contributed by atoms with van der Waals surface area (Å²) in [6.45, 7) is 5.85. The Hall–Kier alpha value is -0.0400. The van der Waals surface area contributed by atoms with E-state index in [-0.39, 0.29) is 0 Å². The highest BCUT2D eigenvalue weighted by Crippen LogP contribution is 2.25. The predicted molar refractivity (Wildman–Crippen MR) is 49.8 cm³/mol. The van der Waals surface area contributed by atoms with Crippen LogP contribution in [0.3, 0.4) is 0 Å². The number of hydrogen-bond acceptors (Lipinski definition) is 1. The van der Waals surface area contributed by atoms with Crippen LogP contribution in [0.5, 0.6) is 0 Å². The number of hydrogen-bond donors (Lipinski definition) is 1. The lowest BCUT2D eigenvalue weighted by atomic mass is 9.88. The molecular weight excluding hydrogens is 134 g/mol. The molecule has 0 atom stereocenters. The van der Waals surface area contributed by atoms with Gasteiger partial charge in [-0.3, -0.25) is 0 Å². The van der Waals surface area contributed by atoms with Crippen molar-refractivity contribution in [3.8, 4) is 0 Å². The van der Waals surface area contributed by atoms with Crippen molar-refractivity contribution in [1.29, 1.82) is 0 Å². The summed E-state index contributed by atoms with van der Waals surface area (Å²) in [6, 6.07) is 0. The lowest BCUT2D eigenvalue weighted by Crippen LogP contribution is -2.43. The van der Waals surface area contributed by atoms with Crippen molar-refractivity contribution in [2.24, 2.45) is 0 Å². The summed E-state index contributed by atoms with van der Waals surface area (Å²) in [5.41, 5.74) is 0.497. The molecule has 1 nitrogen and oxygen atoms in total. The number of nitrogens with one attached hydrogen (secondary N) is 1. The molecule has 0 aromatic rings. The molecule has 1 heterocycles. The summed E-state index contributed by atoms with van der Waals surface area (Å²) in [4.78, 5) is 0. The van der Waals surface area contributed by atoms with Gasteiger partial charge in [0.1, 0.15) is 0 Å². The number of rotatable bonds is 2. The van der Waals surface area contributed by atoms with Gasteiger partial charge < -0.3 is 5.32 Å². The van der Waals surface area contributed by atoms with Crippen LogP contribution in [-0.4, -0.2) is 12.1 Å².